The second kappa shape index (κ2) is 7.83. The Bertz CT molecular complexity index is 534. The molecule has 1 N–H and O–H groups in total. The van der Waals surface area contributed by atoms with Crippen molar-refractivity contribution in [3.05, 3.63) is 66.2 Å². The Kier molecular flexibility index (Phi) is 6.41. The number of amides is 1. The van der Waals surface area contributed by atoms with Crippen LogP contribution in [-0.4, -0.2) is 12.5 Å². The largest absolute Gasteiger partial charge is 1.00 e. The zero-order valence-corrected chi connectivity index (χ0v) is 12.4. The highest BCUT2D eigenvalue weighted by Crippen LogP contribution is 1.97. The van der Waals surface area contributed by atoms with E-state index in [0.29, 0.717) is 18.7 Å². The Labute approximate surface area is 128 Å². The molecule has 3 nitrogen and oxygen atoms in total. The number of hydrogen-bond donors (Lipinski definition) is 1. The monoisotopic (exact) mass is 372 g/mol. The van der Waals surface area contributed by atoms with Crippen LogP contribution in [0.25, 0.3) is 0 Å². The molecule has 2 aromatic rings. The molecule has 2 rings (SSSR count). The fourth-order valence-electron chi connectivity index (χ4n) is 1.62. The van der Waals surface area contributed by atoms with E-state index in [1.165, 1.54) is 12.3 Å². The summed E-state index contributed by atoms with van der Waals surface area (Å²) in [6, 6.07) is 12.0. The summed E-state index contributed by atoms with van der Waals surface area (Å²) in [5.41, 5.74) is 0.627. The van der Waals surface area contributed by atoms with Gasteiger partial charge in [-0.2, -0.15) is 0 Å². The number of nitrogens with zero attached hydrogens (tertiary/aromatic N) is 1. The molecule has 0 aliphatic heterocycles. The minimum atomic E-state index is -0.285. The van der Waals surface area contributed by atoms with Gasteiger partial charge in [-0.25, -0.2) is 8.96 Å². The fraction of sp³-hybridized carbons (Fsp3) is 0.143. The summed E-state index contributed by atoms with van der Waals surface area (Å²) in [5.74, 6) is -0.403. The average molecular weight is 372 g/mol. The molecule has 0 aliphatic carbocycles. The lowest BCUT2D eigenvalue weighted by Crippen LogP contribution is -3.00. The van der Waals surface area contributed by atoms with Crippen molar-refractivity contribution >= 4 is 5.91 Å². The molecule has 0 bridgehead atoms. The number of carbonyl (C=O) groups excluding carboxylic acids is 1. The molecule has 0 saturated heterocycles. The third kappa shape index (κ3) is 4.94. The Hall–Kier alpha value is -1.50. The van der Waals surface area contributed by atoms with Crippen LogP contribution < -0.4 is 33.9 Å². The molecule has 0 radical (unpaired) electrons. The van der Waals surface area contributed by atoms with Gasteiger partial charge < -0.3 is 29.3 Å². The van der Waals surface area contributed by atoms with E-state index < -0.39 is 0 Å². The molecule has 5 heteroatoms. The molecule has 0 spiro atoms. The van der Waals surface area contributed by atoms with Crippen LogP contribution in [0.1, 0.15) is 10.4 Å². The van der Waals surface area contributed by atoms with Gasteiger partial charge in [-0.05, 0) is 18.2 Å². The SMILES string of the molecule is O=C(NCC[n+]1cccc(F)c1)c1ccccc1.[I-]. The number of pyridine rings is 1. The summed E-state index contributed by atoms with van der Waals surface area (Å²) in [6.07, 6.45) is 3.16. The lowest BCUT2D eigenvalue weighted by atomic mass is 10.2. The maximum Gasteiger partial charge on any atom is 0.251 e. The molecular weight excluding hydrogens is 358 g/mol. The van der Waals surface area contributed by atoms with E-state index in [1.54, 1.807) is 29.0 Å². The molecule has 0 saturated carbocycles. The molecule has 100 valence electrons. The molecule has 0 atom stereocenters. The van der Waals surface area contributed by atoms with Crippen LogP contribution in [0, 0.1) is 5.82 Å². The van der Waals surface area contributed by atoms with Crippen LogP contribution in [0.4, 0.5) is 4.39 Å². The normalized spacial score (nSPS) is 9.53. The van der Waals surface area contributed by atoms with Gasteiger partial charge in [0.25, 0.3) is 5.91 Å². The number of nitrogens with one attached hydrogen (secondary N) is 1. The first-order valence-corrected chi connectivity index (χ1v) is 5.73. The molecule has 0 fully saturated rings. The van der Waals surface area contributed by atoms with Crippen LogP contribution in [0.5, 0.6) is 0 Å². The topological polar surface area (TPSA) is 33.0 Å². The van der Waals surface area contributed by atoms with Gasteiger partial charge in [0, 0.05) is 11.6 Å². The molecular formula is C14H14FIN2O. The van der Waals surface area contributed by atoms with Crippen molar-refractivity contribution in [2.75, 3.05) is 6.54 Å². The van der Waals surface area contributed by atoms with E-state index in [1.807, 2.05) is 18.2 Å². The average Bonchev–Trinajstić information content (AvgIpc) is 2.40. The van der Waals surface area contributed by atoms with Crippen molar-refractivity contribution in [2.45, 2.75) is 6.54 Å². The van der Waals surface area contributed by atoms with E-state index >= 15 is 0 Å². The maximum absolute atomic E-state index is 12.9. The first-order valence-electron chi connectivity index (χ1n) is 5.73. The van der Waals surface area contributed by atoms with Crippen LogP contribution in [-0.2, 0) is 6.54 Å². The highest BCUT2D eigenvalue weighted by atomic mass is 127. The molecule has 1 amide bonds. The quantitative estimate of drug-likeness (QED) is 0.517. The number of carbonyl (C=O) groups is 1. The highest BCUT2D eigenvalue weighted by molar-refractivity contribution is 5.94. The maximum atomic E-state index is 12.9. The Morgan fingerprint density at radius 1 is 1.16 bits per heavy atom. The van der Waals surface area contributed by atoms with Crippen molar-refractivity contribution in [1.82, 2.24) is 5.32 Å². The van der Waals surface area contributed by atoms with Gasteiger partial charge in [-0.3, -0.25) is 4.79 Å². The van der Waals surface area contributed by atoms with Gasteiger partial charge in [0.05, 0.1) is 6.54 Å². The number of halogens is 2. The van der Waals surface area contributed by atoms with Crippen molar-refractivity contribution in [2.24, 2.45) is 0 Å². The van der Waals surface area contributed by atoms with Crippen LogP contribution in [0.3, 0.4) is 0 Å². The van der Waals surface area contributed by atoms with Crippen molar-refractivity contribution in [3.8, 4) is 0 Å². The lowest BCUT2D eigenvalue weighted by molar-refractivity contribution is -0.696. The summed E-state index contributed by atoms with van der Waals surface area (Å²) < 4.78 is 14.6. The number of aromatic nitrogens is 1. The summed E-state index contributed by atoms with van der Waals surface area (Å²) in [4.78, 5) is 11.7. The van der Waals surface area contributed by atoms with Gasteiger partial charge in [0.2, 0.25) is 6.20 Å². The summed E-state index contributed by atoms with van der Waals surface area (Å²) in [7, 11) is 0. The number of hydrogen-bond acceptors (Lipinski definition) is 1. The van der Waals surface area contributed by atoms with Crippen molar-refractivity contribution in [1.29, 1.82) is 0 Å². The first kappa shape index (κ1) is 15.6. The van der Waals surface area contributed by atoms with Crippen LogP contribution in [0.15, 0.2) is 54.9 Å². The minimum absolute atomic E-state index is 0. The zero-order chi connectivity index (χ0) is 12.8. The lowest BCUT2D eigenvalue weighted by Gasteiger charge is -2.02. The molecule has 1 heterocycles. The Morgan fingerprint density at radius 3 is 2.58 bits per heavy atom. The summed E-state index contributed by atoms with van der Waals surface area (Å²) in [5, 5.41) is 2.78. The summed E-state index contributed by atoms with van der Waals surface area (Å²) >= 11 is 0. The van der Waals surface area contributed by atoms with Gasteiger partial charge in [-0.1, -0.05) is 18.2 Å². The molecule has 1 aromatic heterocycles. The van der Waals surface area contributed by atoms with Crippen LogP contribution in [0.2, 0.25) is 0 Å². The standard InChI is InChI=1S/C14H13FN2O.HI/c15-13-7-4-9-17(11-13)10-8-16-14(18)12-5-2-1-3-6-12;/h1-7,9,11H,8,10H2;1H. The van der Waals surface area contributed by atoms with Crippen LogP contribution >= 0.6 is 0 Å². The molecule has 0 unspecified atom stereocenters. The molecule has 1 aromatic carbocycles. The predicted octanol–water partition coefficient (Wildman–Crippen LogP) is -1.45. The fourth-order valence-corrected chi connectivity index (χ4v) is 1.62. The highest BCUT2D eigenvalue weighted by Gasteiger charge is 2.06. The van der Waals surface area contributed by atoms with Gasteiger partial charge >= 0.3 is 0 Å². The second-order valence-corrected chi connectivity index (χ2v) is 3.88. The molecule has 19 heavy (non-hydrogen) atoms. The third-order valence-electron chi connectivity index (χ3n) is 2.51. The molecule has 0 aliphatic rings. The van der Waals surface area contributed by atoms with E-state index in [4.69, 9.17) is 0 Å². The van der Waals surface area contributed by atoms with Crippen molar-refractivity contribution < 1.29 is 37.7 Å². The number of rotatable bonds is 4. The summed E-state index contributed by atoms with van der Waals surface area (Å²) in [6.45, 7) is 0.998. The zero-order valence-electron chi connectivity index (χ0n) is 10.2. The smallest absolute Gasteiger partial charge is 0.251 e. The van der Waals surface area contributed by atoms with Gasteiger partial charge in [0.15, 0.2) is 18.6 Å². The predicted molar refractivity (Wildman–Crippen MR) is 65.4 cm³/mol. The van der Waals surface area contributed by atoms with Gasteiger partial charge in [0.1, 0.15) is 0 Å². The van der Waals surface area contributed by atoms with E-state index in [2.05, 4.69) is 5.32 Å². The number of benzene rings is 1. The first-order chi connectivity index (χ1) is 8.75. The van der Waals surface area contributed by atoms with Crippen molar-refractivity contribution in [3.63, 3.8) is 0 Å². The van der Waals surface area contributed by atoms with E-state index in [0.717, 1.165) is 0 Å². The third-order valence-corrected chi connectivity index (χ3v) is 2.51. The Balaban J connectivity index is 0.00000180. The van der Waals surface area contributed by atoms with Gasteiger partial charge in [-0.15, -0.1) is 0 Å². The minimum Gasteiger partial charge on any atom is -1.00 e. The van der Waals surface area contributed by atoms with E-state index in [9.17, 15) is 9.18 Å². The van der Waals surface area contributed by atoms with E-state index in [-0.39, 0.29) is 35.7 Å². The Morgan fingerprint density at radius 2 is 1.89 bits per heavy atom. The second-order valence-electron chi connectivity index (χ2n) is 3.88.